The Balaban J connectivity index is 1.65. The topological polar surface area (TPSA) is 82.2 Å². The summed E-state index contributed by atoms with van der Waals surface area (Å²) in [5, 5.41) is 13.0. The fourth-order valence-electron chi connectivity index (χ4n) is 2.75. The fraction of sp³-hybridized carbons (Fsp3) is 0.158. The van der Waals surface area contributed by atoms with Crippen molar-refractivity contribution in [1.29, 1.82) is 0 Å². The van der Waals surface area contributed by atoms with Crippen LogP contribution in [0.4, 0.5) is 0 Å². The number of hydrogen-bond donors (Lipinski definition) is 3. The van der Waals surface area contributed by atoms with Crippen LogP contribution in [-0.2, 0) is 16.0 Å². The molecule has 3 N–H and O–H groups in total. The maximum atomic E-state index is 12.2. The number of benzene rings is 2. The first-order chi connectivity index (χ1) is 11.6. The molecule has 5 heteroatoms. The zero-order chi connectivity index (χ0) is 16.9. The molecule has 1 heterocycles. The van der Waals surface area contributed by atoms with Crippen molar-refractivity contribution in [2.75, 3.05) is 0 Å². The summed E-state index contributed by atoms with van der Waals surface area (Å²) in [5.74, 6) is -1.35. The van der Waals surface area contributed by atoms with Crippen molar-refractivity contribution >= 4 is 22.8 Å². The molecule has 122 valence electrons. The highest BCUT2D eigenvalue weighted by molar-refractivity contribution is 5.86. The molecule has 0 aliphatic carbocycles. The highest BCUT2D eigenvalue weighted by Gasteiger charge is 2.21. The standard InChI is InChI=1S/C19H18N2O3/c22-17(21-18(19(23)24)13-6-2-1-3-7-13)11-10-14-12-20-16-9-5-4-8-15(14)16/h1-9,12,18,20H,10-11H2,(H,21,22)(H,23,24). The predicted octanol–water partition coefficient (Wildman–Crippen LogP) is 3.04. The van der Waals surface area contributed by atoms with Gasteiger partial charge in [0.25, 0.3) is 0 Å². The number of aryl methyl sites for hydroxylation is 1. The Bertz CT molecular complexity index is 855. The molecule has 3 rings (SSSR count). The average molecular weight is 322 g/mol. The van der Waals surface area contributed by atoms with Gasteiger partial charge in [0.1, 0.15) is 0 Å². The summed E-state index contributed by atoms with van der Waals surface area (Å²) in [7, 11) is 0. The number of carbonyl (C=O) groups is 2. The molecule has 0 radical (unpaired) electrons. The third-order valence-electron chi connectivity index (χ3n) is 3.98. The minimum Gasteiger partial charge on any atom is -0.479 e. The van der Waals surface area contributed by atoms with Crippen molar-refractivity contribution in [3.63, 3.8) is 0 Å². The third kappa shape index (κ3) is 3.46. The van der Waals surface area contributed by atoms with Gasteiger partial charge in [0.15, 0.2) is 6.04 Å². The molecule has 0 fully saturated rings. The first kappa shape index (κ1) is 15.8. The van der Waals surface area contributed by atoms with E-state index in [1.807, 2.05) is 30.5 Å². The van der Waals surface area contributed by atoms with Crippen molar-refractivity contribution in [1.82, 2.24) is 10.3 Å². The van der Waals surface area contributed by atoms with Crippen LogP contribution in [0.3, 0.4) is 0 Å². The van der Waals surface area contributed by atoms with Crippen LogP contribution in [-0.4, -0.2) is 22.0 Å². The quantitative estimate of drug-likeness (QED) is 0.652. The van der Waals surface area contributed by atoms with Crippen molar-refractivity contribution in [3.8, 4) is 0 Å². The fourth-order valence-corrected chi connectivity index (χ4v) is 2.75. The first-order valence-electron chi connectivity index (χ1n) is 7.77. The summed E-state index contributed by atoms with van der Waals surface area (Å²) in [4.78, 5) is 26.8. The lowest BCUT2D eigenvalue weighted by Crippen LogP contribution is -2.33. The number of para-hydroxylation sites is 1. The Labute approximate surface area is 139 Å². The van der Waals surface area contributed by atoms with Crippen LogP contribution >= 0.6 is 0 Å². The number of fused-ring (bicyclic) bond motifs is 1. The molecule has 1 amide bonds. The van der Waals surface area contributed by atoms with E-state index >= 15 is 0 Å². The molecule has 3 aromatic rings. The molecule has 0 spiro atoms. The number of aliphatic carboxylic acids is 1. The van der Waals surface area contributed by atoms with E-state index in [9.17, 15) is 14.7 Å². The molecule has 1 aromatic heterocycles. The maximum absolute atomic E-state index is 12.2. The summed E-state index contributed by atoms with van der Waals surface area (Å²) in [6, 6.07) is 15.6. The van der Waals surface area contributed by atoms with Crippen molar-refractivity contribution in [3.05, 3.63) is 71.9 Å². The number of nitrogens with one attached hydrogen (secondary N) is 2. The zero-order valence-electron chi connectivity index (χ0n) is 13.0. The molecule has 0 aliphatic heterocycles. The van der Waals surface area contributed by atoms with E-state index in [2.05, 4.69) is 10.3 Å². The molecule has 0 saturated carbocycles. The van der Waals surface area contributed by atoms with Gasteiger partial charge in [-0.2, -0.15) is 0 Å². The van der Waals surface area contributed by atoms with Crippen molar-refractivity contribution < 1.29 is 14.7 Å². The van der Waals surface area contributed by atoms with E-state index in [0.717, 1.165) is 16.5 Å². The lowest BCUT2D eigenvalue weighted by molar-refractivity contribution is -0.142. The van der Waals surface area contributed by atoms with Crippen LogP contribution in [0.2, 0.25) is 0 Å². The number of rotatable bonds is 6. The summed E-state index contributed by atoms with van der Waals surface area (Å²) >= 11 is 0. The van der Waals surface area contributed by atoms with Gasteiger partial charge in [-0.1, -0.05) is 48.5 Å². The SMILES string of the molecule is O=C(CCc1c[nH]c2ccccc12)NC(C(=O)O)c1ccccc1. The second-order valence-corrected chi connectivity index (χ2v) is 5.61. The number of aromatic amines is 1. The molecule has 0 aliphatic rings. The molecule has 1 unspecified atom stereocenters. The number of carboxylic acid groups (broad SMARTS) is 1. The van der Waals surface area contributed by atoms with Crippen LogP contribution in [0.25, 0.3) is 10.9 Å². The average Bonchev–Trinajstić information content (AvgIpc) is 3.01. The van der Waals surface area contributed by atoms with Gasteiger partial charge in [-0.05, 0) is 23.6 Å². The molecule has 5 nitrogen and oxygen atoms in total. The lowest BCUT2D eigenvalue weighted by Gasteiger charge is -2.14. The van der Waals surface area contributed by atoms with Crippen LogP contribution < -0.4 is 5.32 Å². The van der Waals surface area contributed by atoms with Gasteiger partial charge >= 0.3 is 5.97 Å². The second-order valence-electron chi connectivity index (χ2n) is 5.61. The van der Waals surface area contributed by atoms with Gasteiger partial charge in [-0.15, -0.1) is 0 Å². The lowest BCUT2D eigenvalue weighted by atomic mass is 10.1. The van der Waals surface area contributed by atoms with Gasteiger partial charge in [0, 0.05) is 23.5 Å². The van der Waals surface area contributed by atoms with Gasteiger partial charge in [0.2, 0.25) is 5.91 Å². The number of carbonyl (C=O) groups excluding carboxylic acids is 1. The van der Waals surface area contributed by atoms with Crippen molar-refractivity contribution in [2.45, 2.75) is 18.9 Å². The second kappa shape index (κ2) is 7.00. The van der Waals surface area contributed by atoms with E-state index in [0.29, 0.717) is 12.0 Å². The molecule has 0 bridgehead atoms. The minimum absolute atomic E-state index is 0.235. The van der Waals surface area contributed by atoms with E-state index in [-0.39, 0.29) is 12.3 Å². The minimum atomic E-state index is -1.07. The monoisotopic (exact) mass is 322 g/mol. The van der Waals surface area contributed by atoms with E-state index < -0.39 is 12.0 Å². The summed E-state index contributed by atoms with van der Waals surface area (Å²) in [6.45, 7) is 0. The highest BCUT2D eigenvalue weighted by atomic mass is 16.4. The normalized spacial score (nSPS) is 12.0. The van der Waals surface area contributed by atoms with Crippen LogP contribution in [0.15, 0.2) is 60.8 Å². The predicted molar refractivity (Wildman–Crippen MR) is 91.6 cm³/mol. The molecule has 24 heavy (non-hydrogen) atoms. The Morgan fingerprint density at radius 3 is 2.50 bits per heavy atom. The van der Waals surface area contributed by atoms with Crippen LogP contribution in [0, 0.1) is 0 Å². The number of hydrogen-bond acceptors (Lipinski definition) is 2. The van der Waals surface area contributed by atoms with Crippen molar-refractivity contribution in [2.24, 2.45) is 0 Å². The smallest absolute Gasteiger partial charge is 0.330 e. The van der Waals surface area contributed by atoms with Crippen LogP contribution in [0.5, 0.6) is 0 Å². The van der Waals surface area contributed by atoms with Gasteiger partial charge < -0.3 is 15.4 Å². The summed E-state index contributed by atoms with van der Waals surface area (Å²) in [6.07, 6.45) is 2.68. The number of carboxylic acids is 1. The number of amides is 1. The first-order valence-corrected chi connectivity index (χ1v) is 7.77. The highest BCUT2D eigenvalue weighted by Crippen LogP contribution is 2.19. The molecular formula is C19H18N2O3. The summed E-state index contributed by atoms with van der Waals surface area (Å²) in [5.41, 5.74) is 2.64. The Morgan fingerprint density at radius 2 is 1.75 bits per heavy atom. The largest absolute Gasteiger partial charge is 0.479 e. The zero-order valence-corrected chi connectivity index (χ0v) is 13.0. The molecular weight excluding hydrogens is 304 g/mol. The van der Waals surface area contributed by atoms with Crippen LogP contribution in [0.1, 0.15) is 23.6 Å². The van der Waals surface area contributed by atoms with Gasteiger partial charge in [0.05, 0.1) is 0 Å². The summed E-state index contributed by atoms with van der Waals surface area (Å²) < 4.78 is 0. The van der Waals surface area contributed by atoms with E-state index in [1.54, 1.807) is 30.3 Å². The molecule has 2 aromatic carbocycles. The van der Waals surface area contributed by atoms with E-state index in [4.69, 9.17) is 0 Å². The molecule has 0 saturated heterocycles. The Kier molecular flexibility index (Phi) is 4.61. The van der Waals surface area contributed by atoms with Gasteiger partial charge in [-0.3, -0.25) is 4.79 Å². The number of H-pyrrole nitrogens is 1. The third-order valence-corrected chi connectivity index (χ3v) is 3.98. The Morgan fingerprint density at radius 1 is 1.04 bits per heavy atom. The van der Waals surface area contributed by atoms with E-state index in [1.165, 1.54) is 0 Å². The maximum Gasteiger partial charge on any atom is 0.330 e. The Hall–Kier alpha value is -3.08. The van der Waals surface area contributed by atoms with Gasteiger partial charge in [-0.25, -0.2) is 4.79 Å². The molecule has 1 atom stereocenters. The number of aromatic nitrogens is 1.